The van der Waals surface area contributed by atoms with Crippen molar-refractivity contribution in [1.29, 1.82) is 0 Å². The Balaban J connectivity index is 1.51. The zero-order valence-electron chi connectivity index (χ0n) is 14.4. The van der Waals surface area contributed by atoms with E-state index >= 15 is 0 Å². The minimum Gasteiger partial charge on any atom is -0.277 e. The van der Waals surface area contributed by atoms with Crippen molar-refractivity contribution >= 4 is 58.8 Å². The molecule has 0 aliphatic heterocycles. The normalized spacial score (nSPS) is 10.4. The molecule has 0 spiro atoms. The van der Waals surface area contributed by atoms with Gasteiger partial charge >= 0.3 is 6.03 Å². The number of amides is 3. The monoisotopic (exact) mass is 468 g/mol. The van der Waals surface area contributed by atoms with Crippen LogP contribution >= 0.6 is 46.9 Å². The highest BCUT2D eigenvalue weighted by molar-refractivity contribution is 7.99. The number of nitrogens with zero attached hydrogens (tertiary/aromatic N) is 2. The Morgan fingerprint density at radius 1 is 0.897 bits per heavy atom. The quantitative estimate of drug-likeness (QED) is 0.303. The second-order valence-corrected chi connectivity index (χ2v) is 8.06. The standard InChI is InChI=1S/C18H11Cl2FN4O2S2/c19-14-9-15(20)23-18(22-14)28-12-5-7-13(8-6-12)29-25-17(27)24-16(26)10-1-3-11(21)4-2-10/h1-9H,(H2,24,25,26,27). The van der Waals surface area contributed by atoms with Gasteiger partial charge in [0.1, 0.15) is 16.1 Å². The summed E-state index contributed by atoms with van der Waals surface area (Å²) in [7, 11) is 0. The number of aromatic nitrogens is 2. The molecule has 3 amide bonds. The van der Waals surface area contributed by atoms with Gasteiger partial charge in [-0.1, -0.05) is 23.2 Å². The number of hydrogen-bond donors (Lipinski definition) is 2. The molecule has 29 heavy (non-hydrogen) atoms. The van der Waals surface area contributed by atoms with E-state index in [0.717, 1.165) is 33.9 Å². The molecule has 0 atom stereocenters. The summed E-state index contributed by atoms with van der Waals surface area (Å²) in [6.45, 7) is 0. The van der Waals surface area contributed by atoms with Gasteiger partial charge in [0, 0.05) is 21.4 Å². The minimum absolute atomic E-state index is 0.177. The van der Waals surface area contributed by atoms with Crippen LogP contribution in [0.4, 0.5) is 9.18 Å². The molecule has 0 aliphatic rings. The molecule has 0 radical (unpaired) electrons. The molecule has 0 saturated heterocycles. The number of carbonyl (C=O) groups excluding carboxylic acids is 2. The van der Waals surface area contributed by atoms with Crippen LogP contribution < -0.4 is 10.0 Å². The molecule has 0 fully saturated rings. The first-order valence-corrected chi connectivity index (χ1v) is 10.3. The minimum atomic E-state index is -0.690. The van der Waals surface area contributed by atoms with E-state index in [9.17, 15) is 14.0 Å². The molecule has 11 heteroatoms. The maximum absolute atomic E-state index is 12.9. The number of hydrogen-bond acceptors (Lipinski definition) is 6. The van der Waals surface area contributed by atoms with Crippen molar-refractivity contribution in [2.45, 2.75) is 14.9 Å². The van der Waals surface area contributed by atoms with Gasteiger partial charge in [0.2, 0.25) is 0 Å². The molecule has 0 unspecified atom stereocenters. The fourth-order valence-electron chi connectivity index (χ4n) is 2.00. The number of rotatable bonds is 5. The average molecular weight is 469 g/mol. The molecule has 2 N–H and O–H groups in total. The lowest BCUT2D eigenvalue weighted by Gasteiger charge is -2.07. The van der Waals surface area contributed by atoms with E-state index in [2.05, 4.69) is 20.0 Å². The largest absolute Gasteiger partial charge is 0.331 e. The van der Waals surface area contributed by atoms with Crippen LogP contribution in [0.5, 0.6) is 0 Å². The van der Waals surface area contributed by atoms with Crippen molar-refractivity contribution in [2.24, 2.45) is 0 Å². The Hall–Kier alpha value is -2.33. The lowest BCUT2D eigenvalue weighted by Crippen LogP contribution is -2.36. The molecule has 0 aliphatic carbocycles. The molecule has 3 aromatic rings. The number of carbonyl (C=O) groups is 2. The van der Waals surface area contributed by atoms with Gasteiger partial charge in [-0.2, -0.15) is 0 Å². The highest BCUT2D eigenvalue weighted by Gasteiger charge is 2.11. The maximum Gasteiger partial charge on any atom is 0.331 e. The Morgan fingerprint density at radius 3 is 2.10 bits per heavy atom. The third-order valence-corrected chi connectivity index (χ3v) is 5.33. The van der Waals surface area contributed by atoms with Crippen molar-refractivity contribution in [2.75, 3.05) is 0 Å². The van der Waals surface area contributed by atoms with E-state index in [1.165, 1.54) is 30.0 Å². The SMILES string of the molecule is O=C(NSc1ccc(Sc2nc(Cl)cc(Cl)n2)cc1)NC(=O)c1ccc(F)cc1. The molecule has 0 bridgehead atoms. The molecule has 1 aromatic heterocycles. The second kappa shape index (κ2) is 9.93. The fourth-order valence-corrected chi connectivity index (χ4v) is 3.83. The van der Waals surface area contributed by atoms with Crippen LogP contribution in [-0.2, 0) is 0 Å². The van der Waals surface area contributed by atoms with E-state index in [-0.39, 0.29) is 15.9 Å². The van der Waals surface area contributed by atoms with Crippen LogP contribution in [0.1, 0.15) is 10.4 Å². The zero-order valence-corrected chi connectivity index (χ0v) is 17.5. The van der Waals surface area contributed by atoms with Crippen LogP contribution in [0.3, 0.4) is 0 Å². The molecular weight excluding hydrogens is 458 g/mol. The van der Waals surface area contributed by atoms with Gasteiger partial charge in [0.25, 0.3) is 5.91 Å². The lowest BCUT2D eigenvalue weighted by atomic mass is 10.2. The summed E-state index contributed by atoms with van der Waals surface area (Å²) in [5.74, 6) is -1.09. The van der Waals surface area contributed by atoms with Gasteiger partial charge in [-0.25, -0.2) is 19.2 Å². The van der Waals surface area contributed by atoms with Gasteiger partial charge in [-0.15, -0.1) is 0 Å². The van der Waals surface area contributed by atoms with E-state index in [1.54, 1.807) is 12.1 Å². The summed E-state index contributed by atoms with van der Waals surface area (Å²) < 4.78 is 15.4. The van der Waals surface area contributed by atoms with Gasteiger partial charge < -0.3 is 0 Å². The summed E-state index contributed by atoms with van der Waals surface area (Å²) in [6.07, 6.45) is 0. The number of imide groups is 1. The molecule has 148 valence electrons. The van der Waals surface area contributed by atoms with Crippen molar-refractivity contribution < 1.29 is 14.0 Å². The highest BCUT2D eigenvalue weighted by Crippen LogP contribution is 2.28. The number of benzene rings is 2. The van der Waals surface area contributed by atoms with Crippen LogP contribution in [0.25, 0.3) is 0 Å². The van der Waals surface area contributed by atoms with E-state index in [1.807, 2.05) is 12.1 Å². The van der Waals surface area contributed by atoms with Crippen molar-refractivity contribution in [3.8, 4) is 0 Å². The van der Waals surface area contributed by atoms with Crippen LogP contribution in [0.15, 0.2) is 69.5 Å². The summed E-state index contributed by atoms with van der Waals surface area (Å²) >= 11 is 14.0. The average Bonchev–Trinajstić information content (AvgIpc) is 2.67. The van der Waals surface area contributed by atoms with Gasteiger partial charge in [-0.3, -0.25) is 14.8 Å². The van der Waals surface area contributed by atoms with Crippen LogP contribution in [-0.4, -0.2) is 21.9 Å². The second-order valence-electron chi connectivity index (χ2n) is 5.36. The smallest absolute Gasteiger partial charge is 0.277 e. The maximum atomic E-state index is 12.9. The topological polar surface area (TPSA) is 84.0 Å². The third-order valence-electron chi connectivity index (χ3n) is 3.27. The molecular formula is C18H11Cl2FN4O2S2. The number of halogens is 3. The summed E-state index contributed by atoms with van der Waals surface area (Å²) in [5.41, 5.74) is 0.177. The Labute approximate surface area is 183 Å². The van der Waals surface area contributed by atoms with Crippen molar-refractivity contribution in [3.05, 3.63) is 76.3 Å². The predicted molar refractivity (Wildman–Crippen MR) is 111 cm³/mol. The first-order valence-electron chi connectivity index (χ1n) is 7.91. The summed E-state index contributed by atoms with van der Waals surface area (Å²) in [6, 6.07) is 12.8. The first kappa shape index (κ1) is 21.4. The lowest BCUT2D eigenvalue weighted by molar-refractivity contribution is 0.0965. The number of nitrogens with one attached hydrogen (secondary N) is 2. The number of urea groups is 1. The van der Waals surface area contributed by atoms with Gasteiger partial charge in [0.05, 0.1) is 0 Å². The molecule has 3 rings (SSSR count). The molecule has 6 nitrogen and oxygen atoms in total. The fraction of sp³-hybridized carbons (Fsp3) is 0. The van der Waals surface area contributed by atoms with Crippen LogP contribution in [0.2, 0.25) is 10.3 Å². The Kier molecular flexibility index (Phi) is 7.32. The van der Waals surface area contributed by atoms with Crippen molar-refractivity contribution in [3.63, 3.8) is 0 Å². The Bertz CT molecular complexity index is 1020. The highest BCUT2D eigenvalue weighted by atomic mass is 35.5. The van der Waals surface area contributed by atoms with E-state index in [4.69, 9.17) is 23.2 Å². The van der Waals surface area contributed by atoms with Crippen LogP contribution in [0, 0.1) is 5.82 Å². The summed E-state index contributed by atoms with van der Waals surface area (Å²) in [4.78, 5) is 33.5. The third kappa shape index (κ3) is 6.60. The Morgan fingerprint density at radius 2 is 1.48 bits per heavy atom. The van der Waals surface area contributed by atoms with E-state index < -0.39 is 17.8 Å². The first-order chi connectivity index (χ1) is 13.9. The van der Waals surface area contributed by atoms with Crippen molar-refractivity contribution in [1.82, 2.24) is 20.0 Å². The molecule has 0 saturated carbocycles. The molecule has 2 aromatic carbocycles. The van der Waals surface area contributed by atoms with Gasteiger partial charge in [0.15, 0.2) is 5.16 Å². The summed E-state index contributed by atoms with van der Waals surface area (Å²) in [5, 5.41) is 3.09. The predicted octanol–water partition coefficient (Wildman–Crippen LogP) is 5.22. The van der Waals surface area contributed by atoms with Gasteiger partial charge in [-0.05, 0) is 72.2 Å². The zero-order chi connectivity index (χ0) is 20.8. The van der Waals surface area contributed by atoms with E-state index in [0.29, 0.717) is 5.16 Å². The molecule has 1 heterocycles.